The Bertz CT molecular complexity index is 354. The van der Waals surface area contributed by atoms with Crippen LogP contribution in [0.15, 0.2) is 4.52 Å². The second kappa shape index (κ2) is 6.85. The minimum Gasteiger partial charge on any atom is -0.371 e. The molecule has 0 radical (unpaired) electrons. The Morgan fingerprint density at radius 3 is 3.00 bits per heavy atom. The zero-order chi connectivity index (χ0) is 12.8. The Morgan fingerprint density at radius 2 is 2.22 bits per heavy atom. The van der Waals surface area contributed by atoms with Crippen LogP contribution in [0.2, 0.25) is 0 Å². The molecule has 2 atom stereocenters. The van der Waals surface area contributed by atoms with Gasteiger partial charge in [0, 0.05) is 6.42 Å². The van der Waals surface area contributed by atoms with E-state index in [1.54, 1.807) is 0 Å². The van der Waals surface area contributed by atoms with Gasteiger partial charge in [-0.2, -0.15) is 4.98 Å². The summed E-state index contributed by atoms with van der Waals surface area (Å²) in [6.07, 6.45) is 5.64. The Kier molecular flexibility index (Phi) is 5.13. The molecule has 18 heavy (non-hydrogen) atoms. The van der Waals surface area contributed by atoms with E-state index in [1.165, 1.54) is 19.3 Å². The van der Waals surface area contributed by atoms with Gasteiger partial charge in [0.05, 0.1) is 6.61 Å². The van der Waals surface area contributed by atoms with Crippen molar-refractivity contribution in [1.29, 1.82) is 0 Å². The van der Waals surface area contributed by atoms with E-state index in [-0.39, 0.29) is 0 Å². The van der Waals surface area contributed by atoms with E-state index in [0.29, 0.717) is 24.3 Å². The van der Waals surface area contributed by atoms with Crippen molar-refractivity contribution in [2.24, 2.45) is 17.6 Å². The van der Waals surface area contributed by atoms with Crippen molar-refractivity contribution in [3.8, 4) is 0 Å². The van der Waals surface area contributed by atoms with Gasteiger partial charge < -0.3 is 15.0 Å². The van der Waals surface area contributed by atoms with Gasteiger partial charge in [0.25, 0.3) is 5.89 Å². The van der Waals surface area contributed by atoms with Gasteiger partial charge in [-0.25, -0.2) is 0 Å². The summed E-state index contributed by atoms with van der Waals surface area (Å²) in [6, 6.07) is 0. The topological polar surface area (TPSA) is 74.2 Å². The minimum absolute atomic E-state index is 0.421. The third-order valence-electron chi connectivity index (χ3n) is 3.66. The maximum absolute atomic E-state index is 5.75. The molecule has 2 rings (SSSR count). The largest absolute Gasteiger partial charge is 0.371 e. The molecular formula is C13H23N3O2. The Labute approximate surface area is 108 Å². The van der Waals surface area contributed by atoms with Gasteiger partial charge in [-0.15, -0.1) is 0 Å². The molecule has 1 aliphatic rings. The predicted octanol–water partition coefficient (Wildman–Crippen LogP) is 1.91. The highest BCUT2D eigenvalue weighted by atomic mass is 16.5. The number of aryl methyl sites for hydroxylation is 1. The van der Waals surface area contributed by atoms with E-state index in [0.717, 1.165) is 31.8 Å². The molecule has 102 valence electrons. The SMILES string of the molecule is CCCc1noc(COCC2CCCC2CN)n1. The van der Waals surface area contributed by atoms with Gasteiger partial charge in [0.2, 0.25) is 0 Å². The van der Waals surface area contributed by atoms with Crippen LogP contribution in [-0.4, -0.2) is 23.3 Å². The number of hydrogen-bond acceptors (Lipinski definition) is 5. The summed E-state index contributed by atoms with van der Waals surface area (Å²) in [6.45, 7) is 4.05. The molecule has 1 aromatic heterocycles. The van der Waals surface area contributed by atoms with E-state index < -0.39 is 0 Å². The molecular weight excluding hydrogens is 230 g/mol. The Balaban J connectivity index is 1.71. The van der Waals surface area contributed by atoms with Crippen molar-refractivity contribution in [3.63, 3.8) is 0 Å². The van der Waals surface area contributed by atoms with Gasteiger partial charge in [-0.05, 0) is 37.6 Å². The average molecular weight is 253 g/mol. The van der Waals surface area contributed by atoms with Crippen molar-refractivity contribution < 1.29 is 9.26 Å². The van der Waals surface area contributed by atoms with Crippen molar-refractivity contribution >= 4 is 0 Å². The smallest absolute Gasteiger partial charge is 0.252 e. The summed E-state index contributed by atoms with van der Waals surface area (Å²) >= 11 is 0. The fraction of sp³-hybridized carbons (Fsp3) is 0.846. The zero-order valence-corrected chi connectivity index (χ0v) is 11.1. The van der Waals surface area contributed by atoms with E-state index in [4.69, 9.17) is 15.0 Å². The molecule has 0 bridgehead atoms. The van der Waals surface area contributed by atoms with Crippen molar-refractivity contribution in [2.45, 2.75) is 45.6 Å². The van der Waals surface area contributed by atoms with Crippen LogP contribution in [0, 0.1) is 11.8 Å². The second-order valence-corrected chi connectivity index (χ2v) is 5.06. The van der Waals surface area contributed by atoms with Crippen LogP contribution in [0.5, 0.6) is 0 Å². The number of rotatable bonds is 7. The van der Waals surface area contributed by atoms with E-state index in [9.17, 15) is 0 Å². The van der Waals surface area contributed by atoms with Crippen molar-refractivity contribution in [1.82, 2.24) is 10.1 Å². The van der Waals surface area contributed by atoms with Gasteiger partial charge in [-0.3, -0.25) is 0 Å². The van der Waals surface area contributed by atoms with E-state index in [1.807, 2.05) is 0 Å². The molecule has 2 N–H and O–H groups in total. The van der Waals surface area contributed by atoms with Gasteiger partial charge in [0.1, 0.15) is 6.61 Å². The van der Waals surface area contributed by atoms with E-state index in [2.05, 4.69) is 17.1 Å². The van der Waals surface area contributed by atoms with Crippen LogP contribution < -0.4 is 5.73 Å². The Hall–Kier alpha value is -0.940. The quantitative estimate of drug-likeness (QED) is 0.803. The van der Waals surface area contributed by atoms with Crippen LogP contribution in [0.3, 0.4) is 0 Å². The number of aromatic nitrogens is 2. The van der Waals surface area contributed by atoms with Gasteiger partial charge in [0.15, 0.2) is 5.82 Å². The predicted molar refractivity (Wildman–Crippen MR) is 67.8 cm³/mol. The molecule has 5 heteroatoms. The highest BCUT2D eigenvalue weighted by molar-refractivity contribution is 4.85. The zero-order valence-electron chi connectivity index (χ0n) is 11.1. The molecule has 0 spiro atoms. The fourth-order valence-corrected chi connectivity index (χ4v) is 2.61. The summed E-state index contributed by atoms with van der Waals surface area (Å²) in [7, 11) is 0. The highest BCUT2D eigenvalue weighted by Gasteiger charge is 2.26. The summed E-state index contributed by atoms with van der Waals surface area (Å²) in [5.41, 5.74) is 5.75. The molecule has 1 heterocycles. The molecule has 1 aliphatic carbocycles. The third kappa shape index (κ3) is 3.53. The molecule has 5 nitrogen and oxygen atoms in total. The maximum atomic E-state index is 5.75. The van der Waals surface area contributed by atoms with Crippen LogP contribution in [0.25, 0.3) is 0 Å². The van der Waals surface area contributed by atoms with Gasteiger partial charge in [-0.1, -0.05) is 18.5 Å². The summed E-state index contributed by atoms with van der Waals surface area (Å²) in [5, 5.41) is 3.90. The van der Waals surface area contributed by atoms with Crippen LogP contribution >= 0.6 is 0 Å². The summed E-state index contributed by atoms with van der Waals surface area (Å²) < 4.78 is 10.8. The lowest BCUT2D eigenvalue weighted by molar-refractivity contribution is 0.0592. The molecule has 0 aromatic carbocycles. The molecule has 1 saturated carbocycles. The fourth-order valence-electron chi connectivity index (χ4n) is 2.61. The molecule has 1 aromatic rings. The lowest BCUT2D eigenvalue weighted by atomic mass is 9.97. The second-order valence-electron chi connectivity index (χ2n) is 5.06. The van der Waals surface area contributed by atoms with Crippen molar-refractivity contribution in [3.05, 3.63) is 11.7 Å². The minimum atomic E-state index is 0.421. The molecule has 0 aliphatic heterocycles. The standard InChI is InChI=1S/C13H23N3O2/c1-2-4-12-15-13(18-16-12)9-17-8-11-6-3-5-10(11)7-14/h10-11H,2-9,14H2,1H3. The first-order valence-corrected chi connectivity index (χ1v) is 6.92. The number of nitrogens with two attached hydrogens (primary N) is 1. The first kappa shape index (κ1) is 13.5. The van der Waals surface area contributed by atoms with Crippen molar-refractivity contribution in [2.75, 3.05) is 13.2 Å². The first-order chi connectivity index (χ1) is 8.83. The lowest BCUT2D eigenvalue weighted by Gasteiger charge is -2.16. The van der Waals surface area contributed by atoms with Crippen LogP contribution in [0.1, 0.15) is 44.3 Å². The number of nitrogens with zero attached hydrogens (tertiary/aromatic N) is 2. The Morgan fingerprint density at radius 1 is 1.39 bits per heavy atom. The van der Waals surface area contributed by atoms with Gasteiger partial charge >= 0.3 is 0 Å². The third-order valence-corrected chi connectivity index (χ3v) is 3.66. The lowest BCUT2D eigenvalue weighted by Crippen LogP contribution is -2.22. The average Bonchev–Trinajstić information content (AvgIpc) is 2.99. The summed E-state index contributed by atoms with van der Waals surface area (Å²) in [5.74, 6) is 2.59. The van der Waals surface area contributed by atoms with Crippen LogP contribution in [0.4, 0.5) is 0 Å². The molecule has 0 saturated heterocycles. The molecule has 1 fully saturated rings. The number of ether oxygens (including phenoxy) is 1. The maximum Gasteiger partial charge on any atom is 0.252 e. The van der Waals surface area contributed by atoms with E-state index >= 15 is 0 Å². The molecule has 2 unspecified atom stereocenters. The number of hydrogen-bond donors (Lipinski definition) is 1. The molecule has 0 amide bonds. The summed E-state index contributed by atoms with van der Waals surface area (Å²) in [4.78, 5) is 4.28. The van der Waals surface area contributed by atoms with Crippen LogP contribution in [-0.2, 0) is 17.8 Å². The monoisotopic (exact) mass is 253 g/mol. The highest BCUT2D eigenvalue weighted by Crippen LogP contribution is 2.31. The first-order valence-electron chi connectivity index (χ1n) is 6.92. The normalized spacial score (nSPS) is 23.7.